The van der Waals surface area contributed by atoms with E-state index in [9.17, 15) is 8.76 Å². The molecule has 0 bridgehead atoms. The Bertz CT molecular complexity index is 1310. The summed E-state index contributed by atoms with van der Waals surface area (Å²) < 4.78 is 39.0. The Morgan fingerprint density at radius 1 is 1.03 bits per heavy atom. The molecule has 0 spiro atoms. The average Bonchev–Trinajstić information content (AvgIpc) is 3.37. The van der Waals surface area contributed by atoms with Crippen LogP contribution < -0.4 is 14.4 Å². The number of ether oxygens (including phenoxy) is 2. The van der Waals surface area contributed by atoms with E-state index in [0.29, 0.717) is 24.5 Å². The van der Waals surface area contributed by atoms with E-state index in [-0.39, 0.29) is 6.61 Å². The molecule has 0 radical (unpaired) electrons. The Kier molecular flexibility index (Phi) is 7.91. The summed E-state index contributed by atoms with van der Waals surface area (Å²) in [7, 11) is 3.18. The van der Waals surface area contributed by atoms with E-state index in [0.717, 1.165) is 40.2 Å². The minimum atomic E-state index is -2.55. The molecule has 2 aromatic heterocycles. The van der Waals surface area contributed by atoms with E-state index in [2.05, 4.69) is 10.1 Å². The first-order valence-corrected chi connectivity index (χ1v) is 12.0. The van der Waals surface area contributed by atoms with Gasteiger partial charge in [0.25, 0.3) is 0 Å². The highest BCUT2D eigenvalue weighted by Crippen LogP contribution is 2.34. The number of aryl methyl sites for hydroxylation is 1. The maximum absolute atomic E-state index is 10.8. The van der Waals surface area contributed by atoms with Gasteiger partial charge in [-0.3, -0.25) is 9.67 Å². The maximum atomic E-state index is 10.8. The summed E-state index contributed by atoms with van der Waals surface area (Å²) in [5, 5.41) is 4.32. The fourth-order valence-electron chi connectivity index (χ4n) is 3.68. The zero-order valence-corrected chi connectivity index (χ0v) is 20.5. The molecule has 0 aliphatic heterocycles. The molecule has 184 valence electrons. The predicted octanol–water partition coefficient (Wildman–Crippen LogP) is 3.87. The van der Waals surface area contributed by atoms with Gasteiger partial charge in [0.05, 0.1) is 61.3 Å². The second-order valence-corrected chi connectivity index (χ2v) is 8.26. The van der Waals surface area contributed by atoms with Crippen LogP contribution in [-0.2, 0) is 22.1 Å². The van der Waals surface area contributed by atoms with Crippen LogP contribution in [0, 0.1) is 0 Å². The van der Waals surface area contributed by atoms with Gasteiger partial charge in [-0.2, -0.15) is 5.10 Å². The third-order valence-electron chi connectivity index (χ3n) is 5.44. The lowest BCUT2D eigenvalue weighted by Gasteiger charge is -2.26. The molecule has 2 heterocycles. The first kappa shape index (κ1) is 24.6. The van der Waals surface area contributed by atoms with Crippen LogP contribution in [0.5, 0.6) is 11.5 Å². The van der Waals surface area contributed by atoms with Crippen LogP contribution in [0.3, 0.4) is 0 Å². The lowest BCUT2D eigenvalue weighted by atomic mass is 10.1. The summed E-state index contributed by atoms with van der Waals surface area (Å²) in [6.07, 6.45) is 5.92. The number of methoxy groups -OCH3 is 2. The first-order chi connectivity index (χ1) is 17.0. The van der Waals surface area contributed by atoms with Crippen LogP contribution in [0.15, 0.2) is 55.0 Å². The van der Waals surface area contributed by atoms with Crippen LogP contribution in [0.1, 0.15) is 13.3 Å². The molecular formula is C24H26N5O5S-. The molecule has 11 heteroatoms. The first-order valence-electron chi connectivity index (χ1n) is 11.0. The number of anilines is 2. The Hall–Kier alpha value is -3.54. The van der Waals surface area contributed by atoms with Crippen LogP contribution in [0.4, 0.5) is 11.4 Å². The number of fused-ring (bicyclic) bond motifs is 1. The number of hydrogen-bond acceptors (Lipinski definition) is 9. The third kappa shape index (κ3) is 5.94. The molecule has 0 amide bonds. The van der Waals surface area contributed by atoms with Crippen LogP contribution in [0.2, 0.25) is 0 Å². The molecule has 0 saturated carbocycles. The van der Waals surface area contributed by atoms with Crippen molar-refractivity contribution in [2.75, 3.05) is 32.3 Å². The number of aromatic nitrogens is 4. The molecule has 1 unspecified atom stereocenters. The van der Waals surface area contributed by atoms with Gasteiger partial charge in [0.1, 0.15) is 11.5 Å². The molecule has 1 atom stereocenters. The van der Waals surface area contributed by atoms with Crippen molar-refractivity contribution in [3.63, 3.8) is 0 Å². The number of nitrogens with zero attached hydrogens (tertiary/aromatic N) is 5. The topological polar surface area (TPSA) is 115 Å². The van der Waals surface area contributed by atoms with Gasteiger partial charge in [-0.15, -0.1) is 0 Å². The third-order valence-corrected chi connectivity index (χ3v) is 5.80. The zero-order chi connectivity index (χ0) is 24.8. The summed E-state index contributed by atoms with van der Waals surface area (Å²) >= 11 is -2.55. The molecule has 0 N–H and O–H groups in total. The summed E-state index contributed by atoms with van der Waals surface area (Å²) in [4.78, 5) is 11.4. The van der Waals surface area contributed by atoms with E-state index < -0.39 is 11.4 Å². The highest BCUT2D eigenvalue weighted by Gasteiger charge is 2.15. The Balaban J connectivity index is 1.72. The van der Waals surface area contributed by atoms with Crippen LogP contribution >= 0.6 is 0 Å². The molecule has 4 aromatic rings. The van der Waals surface area contributed by atoms with Crippen molar-refractivity contribution in [3.05, 3.63) is 55.0 Å². The van der Waals surface area contributed by atoms with Crippen LogP contribution in [0.25, 0.3) is 22.3 Å². The van der Waals surface area contributed by atoms with Crippen molar-refractivity contribution < 1.29 is 22.4 Å². The second-order valence-electron chi connectivity index (χ2n) is 7.62. The van der Waals surface area contributed by atoms with E-state index in [4.69, 9.17) is 18.6 Å². The van der Waals surface area contributed by atoms with Gasteiger partial charge in [0.2, 0.25) is 0 Å². The van der Waals surface area contributed by atoms with Gasteiger partial charge in [-0.1, -0.05) is 0 Å². The molecule has 2 aromatic carbocycles. The maximum Gasteiger partial charge on any atom is 0.124 e. The fraction of sp³-hybridized carbons (Fsp3) is 0.292. The molecule has 0 aliphatic rings. The van der Waals surface area contributed by atoms with Gasteiger partial charge in [-0.25, -0.2) is 9.19 Å². The largest absolute Gasteiger partial charge is 0.750 e. The lowest BCUT2D eigenvalue weighted by Crippen LogP contribution is -2.20. The predicted molar refractivity (Wildman–Crippen MR) is 132 cm³/mol. The second kappa shape index (κ2) is 11.3. The SMILES string of the molecule is CCn1cc(-c2cnc3ccc(N(CCCOS(=O)[O-])c4cc(OC)cc(OC)c4)cc3n2)cn1. The van der Waals surface area contributed by atoms with Gasteiger partial charge >= 0.3 is 0 Å². The van der Waals surface area contributed by atoms with Crippen molar-refractivity contribution in [2.24, 2.45) is 0 Å². The standard InChI is InChI=1S/C24H27N5O5S/c1-4-28-16-17(14-26-28)24-15-25-22-7-6-18(12-23(22)27-24)29(8-5-9-34-35(30)31)19-10-20(32-2)13-21(11-19)33-3/h6-7,10-16H,4-5,8-9H2,1-3H3,(H,30,31)/p-1. The summed E-state index contributed by atoms with van der Waals surface area (Å²) in [5.74, 6) is 1.27. The van der Waals surface area contributed by atoms with Crippen molar-refractivity contribution in [1.29, 1.82) is 0 Å². The van der Waals surface area contributed by atoms with E-state index in [1.165, 1.54) is 0 Å². The summed E-state index contributed by atoms with van der Waals surface area (Å²) in [6, 6.07) is 11.4. The van der Waals surface area contributed by atoms with Crippen molar-refractivity contribution in [2.45, 2.75) is 19.9 Å². The average molecular weight is 497 g/mol. The Morgan fingerprint density at radius 3 is 2.46 bits per heavy atom. The minimum absolute atomic E-state index is 0.0622. The quantitative estimate of drug-likeness (QED) is 0.225. The molecule has 0 fully saturated rings. The Morgan fingerprint density at radius 2 is 1.80 bits per heavy atom. The summed E-state index contributed by atoms with van der Waals surface area (Å²) in [6.45, 7) is 3.34. The fourth-order valence-corrected chi connectivity index (χ4v) is 3.93. The highest BCUT2D eigenvalue weighted by atomic mass is 32.2. The van der Waals surface area contributed by atoms with Gasteiger partial charge in [0.15, 0.2) is 0 Å². The van der Waals surface area contributed by atoms with Gasteiger partial charge in [-0.05, 0) is 31.5 Å². The molecule has 10 nitrogen and oxygen atoms in total. The van der Waals surface area contributed by atoms with E-state index >= 15 is 0 Å². The highest BCUT2D eigenvalue weighted by molar-refractivity contribution is 7.74. The monoisotopic (exact) mass is 496 g/mol. The zero-order valence-electron chi connectivity index (χ0n) is 19.7. The summed E-state index contributed by atoms with van der Waals surface area (Å²) in [5.41, 5.74) is 4.78. The molecule has 0 aliphatic carbocycles. The van der Waals surface area contributed by atoms with Crippen molar-refractivity contribution in [3.8, 4) is 22.8 Å². The van der Waals surface area contributed by atoms with Gasteiger partial charge < -0.3 is 23.1 Å². The van der Waals surface area contributed by atoms with Gasteiger partial charge in [0, 0.05) is 54.4 Å². The molecular weight excluding hydrogens is 470 g/mol. The van der Waals surface area contributed by atoms with Crippen molar-refractivity contribution in [1.82, 2.24) is 19.7 Å². The van der Waals surface area contributed by atoms with Crippen molar-refractivity contribution >= 4 is 33.8 Å². The normalized spacial score (nSPS) is 12.0. The molecule has 4 rings (SSSR count). The van der Waals surface area contributed by atoms with E-state index in [1.807, 2.05) is 53.0 Å². The lowest BCUT2D eigenvalue weighted by molar-refractivity contribution is 0.297. The Labute approximate surface area is 206 Å². The minimum Gasteiger partial charge on any atom is -0.750 e. The number of benzene rings is 2. The van der Waals surface area contributed by atoms with E-state index in [1.54, 1.807) is 32.7 Å². The smallest absolute Gasteiger partial charge is 0.124 e. The number of rotatable bonds is 11. The molecule has 0 saturated heterocycles. The number of hydrogen-bond donors (Lipinski definition) is 0. The molecule has 35 heavy (non-hydrogen) atoms. The van der Waals surface area contributed by atoms with Crippen LogP contribution in [-0.4, -0.2) is 55.9 Å².